The van der Waals surface area contributed by atoms with Crippen molar-refractivity contribution in [1.29, 1.82) is 0 Å². The van der Waals surface area contributed by atoms with Gasteiger partial charge in [-0.2, -0.15) is 13.9 Å². The zero-order valence-corrected chi connectivity index (χ0v) is 12.3. The number of hydrogen-bond donors (Lipinski definition) is 1. The summed E-state index contributed by atoms with van der Waals surface area (Å²) in [4.78, 5) is 11.9. The molecule has 0 aliphatic heterocycles. The SMILES string of the molecule is Cc1ccc(NC(=O)CCn2ccc(C)n2)c(OC(F)F)c1. The van der Waals surface area contributed by atoms with Crippen LogP contribution in [0.3, 0.4) is 0 Å². The Morgan fingerprint density at radius 1 is 1.36 bits per heavy atom. The quantitative estimate of drug-likeness (QED) is 0.892. The predicted molar refractivity (Wildman–Crippen MR) is 78.0 cm³/mol. The van der Waals surface area contributed by atoms with Crippen LogP contribution in [0.15, 0.2) is 30.5 Å². The van der Waals surface area contributed by atoms with Gasteiger partial charge in [-0.25, -0.2) is 0 Å². The number of ether oxygens (including phenoxy) is 1. The number of benzene rings is 1. The van der Waals surface area contributed by atoms with Gasteiger partial charge in [0.15, 0.2) is 0 Å². The molecule has 0 saturated carbocycles. The van der Waals surface area contributed by atoms with Crippen LogP contribution >= 0.6 is 0 Å². The molecule has 0 saturated heterocycles. The average molecular weight is 309 g/mol. The Labute approximate surface area is 126 Å². The molecule has 2 aromatic rings. The minimum Gasteiger partial charge on any atom is -0.433 e. The van der Waals surface area contributed by atoms with Gasteiger partial charge in [-0.05, 0) is 37.6 Å². The molecule has 22 heavy (non-hydrogen) atoms. The van der Waals surface area contributed by atoms with Gasteiger partial charge in [0.1, 0.15) is 5.75 Å². The first-order valence-electron chi connectivity index (χ1n) is 6.79. The Morgan fingerprint density at radius 2 is 2.14 bits per heavy atom. The fraction of sp³-hybridized carbons (Fsp3) is 0.333. The van der Waals surface area contributed by atoms with E-state index in [4.69, 9.17) is 0 Å². The minimum absolute atomic E-state index is 0.0433. The smallest absolute Gasteiger partial charge is 0.387 e. The average Bonchev–Trinajstić information content (AvgIpc) is 2.85. The summed E-state index contributed by atoms with van der Waals surface area (Å²) in [5.41, 5.74) is 1.86. The number of nitrogens with zero attached hydrogens (tertiary/aromatic N) is 2. The number of carbonyl (C=O) groups is 1. The number of anilines is 1. The first-order valence-corrected chi connectivity index (χ1v) is 6.79. The van der Waals surface area contributed by atoms with Crippen molar-refractivity contribution in [3.63, 3.8) is 0 Å². The molecule has 0 aliphatic rings. The van der Waals surface area contributed by atoms with Crippen LogP contribution in [0.25, 0.3) is 0 Å². The van der Waals surface area contributed by atoms with Gasteiger partial charge in [-0.15, -0.1) is 0 Å². The van der Waals surface area contributed by atoms with E-state index in [9.17, 15) is 13.6 Å². The lowest BCUT2D eigenvalue weighted by Crippen LogP contribution is -2.16. The van der Waals surface area contributed by atoms with E-state index in [-0.39, 0.29) is 23.8 Å². The second-order valence-electron chi connectivity index (χ2n) is 4.90. The van der Waals surface area contributed by atoms with E-state index in [1.54, 1.807) is 29.9 Å². The number of aryl methyl sites for hydroxylation is 3. The lowest BCUT2D eigenvalue weighted by atomic mass is 10.2. The van der Waals surface area contributed by atoms with Crippen molar-refractivity contribution in [3.05, 3.63) is 41.7 Å². The summed E-state index contributed by atoms with van der Waals surface area (Å²) in [5.74, 6) is -0.339. The molecule has 0 spiro atoms. The fourth-order valence-corrected chi connectivity index (χ4v) is 1.94. The maximum absolute atomic E-state index is 12.4. The van der Waals surface area contributed by atoms with Crippen LogP contribution in [0.2, 0.25) is 0 Å². The molecular weight excluding hydrogens is 292 g/mol. The van der Waals surface area contributed by atoms with E-state index < -0.39 is 6.61 Å². The van der Waals surface area contributed by atoms with Crippen LogP contribution in [0.1, 0.15) is 17.7 Å². The molecular formula is C15H17F2N3O2. The number of halogens is 2. The monoisotopic (exact) mass is 309 g/mol. The molecule has 0 radical (unpaired) electrons. The van der Waals surface area contributed by atoms with E-state index in [0.29, 0.717) is 6.54 Å². The van der Waals surface area contributed by atoms with Crippen LogP contribution in [0, 0.1) is 13.8 Å². The van der Waals surface area contributed by atoms with Crippen molar-refractivity contribution in [2.45, 2.75) is 33.4 Å². The largest absolute Gasteiger partial charge is 0.433 e. The molecule has 0 bridgehead atoms. The highest BCUT2D eigenvalue weighted by Crippen LogP contribution is 2.27. The van der Waals surface area contributed by atoms with Crippen molar-refractivity contribution in [2.24, 2.45) is 0 Å². The predicted octanol–water partition coefficient (Wildman–Crippen LogP) is 3.13. The van der Waals surface area contributed by atoms with Crippen molar-refractivity contribution < 1.29 is 18.3 Å². The van der Waals surface area contributed by atoms with Crippen molar-refractivity contribution in [3.8, 4) is 5.75 Å². The number of nitrogens with one attached hydrogen (secondary N) is 1. The molecule has 118 valence electrons. The van der Waals surface area contributed by atoms with E-state index in [2.05, 4.69) is 15.2 Å². The second kappa shape index (κ2) is 7.02. The van der Waals surface area contributed by atoms with Gasteiger partial charge < -0.3 is 10.1 Å². The van der Waals surface area contributed by atoms with Gasteiger partial charge in [-0.3, -0.25) is 9.48 Å². The molecule has 1 aromatic heterocycles. The highest BCUT2D eigenvalue weighted by atomic mass is 19.3. The second-order valence-corrected chi connectivity index (χ2v) is 4.90. The van der Waals surface area contributed by atoms with Crippen molar-refractivity contribution in [1.82, 2.24) is 9.78 Å². The zero-order valence-electron chi connectivity index (χ0n) is 12.3. The number of aromatic nitrogens is 2. The Kier molecular flexibility index (Phi) is 5.08. The molecule has 0 atom stereocenters. The maximum atomic E-state index is 12.4. The molecule has 0 unspecified atom stereocenters. The first-order chi connectivity index (χ1) is 10.4. The number of carbonyl (C=O) groups excluding carboxylic acids is 1. The molecule has 1 N–H and O–H groups in total. The molecule has 2 rings (SSSR count). The van der Waals surface area contributed by atoms with Crippen LogP contribution < -0.4 is 10.1 Å². The summed E-state index contributed by atoms with van der Waals surface area (Å²) in [5, 5.41) is 6.75. The standard InChI is InChI=1S/C15H17F2N3O2/c1-10-3-4-12(13(9-10)22-15(16)17)18-14(21)6-8-20-7-5-11(2)19-20/h3-5,7,9,15H,6,8H2,1-2H3,(H,18,21). The lowest BCUT2D eigenvalue weighted by molar-refractivity contribution is -0.116. The molecule has 5 nitrogen and oxygen atoms in total. The highest BCUT2D eigenvalue weighted by molar-refractivity contribution is 5.92. The van der Waals surface area contributed by atoms with Gasteiger partial charge in [0.2, 0.25) is 5.91 Å². The van der Waals surface area contributed by atoms with Gasteiger partial charge >= 0.3 is 6.61 Å². The summed E-state index contributed by atoms with van der Waals surface area (Å²) in [7, 11) is 0. The number of hydrogen-bond acceptors (Lipinski definition) is 3. The molecule has 1 amide bonds. The van der Waals surface area contributed by atoms with Crippen LogP contribution in [-0.4, -0.2) is 22.3 Å². The minimum atomic E-state index is -2.94. The van der Waals surface area contributed by atoms with Crippen molar-refractivity contribution >= 4 is 11.6 Å². The topological polar surface area (TPSA) is 56.2 Å². The van der Waals surface area contributed by atoms with E-state index >= 15 is 0 Å². The first kappa shape index (κ1) is 15.9. The molecule has 0 fully saturated rings. The Balaban J connectivity index is 1.98. The van der Waals surface area contributed by atoms with Crippen LogP contribution in [-0.2, 0) is 11.3 Å². The Hall–Kier alpha value is -2.44. The normalized spacial score (nSPS) is 10.8. The third kappa shape index (κ3) is 4.54. The van der Waals surface area contributed by atoms with Gasteiger partial charge in [0, 0.05) is 19.2 Å². The number of rotatable bonds is 6. The van der Waals surface area contributed by atoms with E-state index in [1.807, 2.05) is 13.0 Å². The van der Waals surface area contributed by atoms with Gasteiger partial charge in [0.05, 0.1) is 11.4 Å². The zero-order chi connectivity index (χ0) is 16.1. The lowest BCUT2D eigenvalue weighted by Gasteiger charge is -2.12. The Morgan fingerprint density at radius 3 is 2.77 bits per heavy atom. The van der Waals surface area contributed by atoms with Crippen LogP contribution in [0.5, 0.6) is 5.75 Å². The highest BCUT2D eigenvalue weighted by Gasteiger charge is 2.12. The molecule has 7 heteroatoms. The van der Waals surface area contributed by atoms with E-state index in [1.165, 1.54) is 6.07 Å². The van der Waals surface area contributed by atoms with Gasteiger partial charge in [-0.1, -0.05) is 6.07 Å². The number of alkyl halides is 2. The third-order valence-electron chi connectivity index (χ3n) is 2.97. The van der Waals surface area contributed by atoms with E-state index in [0.717, 1.165) is 11.3 Å². The van der Waals surface area contributed by atoms with Gasteiger partial charge in [0.25, 0.3) is 0 Å². The maximum Gasteiger partial charge on any atom is 0.387 e. The Bertz CT molecular complexity index is 656. The van der Waals surface area contributed by atoms with Crippen LogP contribution in [0.4, 0.5) is 14.5 Å². The molecule has 1 heterocycles. The van der Waals surface area contributed by atoms with Crippen molar-refractivity contribution in [2.75, 3.05) is 5.32 Å². The summed E-state index contributed by atoms with van der Waals surface area (Å²) in [6.45, 7) is 1.08. The fourth-order valence-electron chi connectivity index (χ4n) is 1.94. The molecule has 0 aliphatic carbocycles. The summed E-state index contributed by atoms with van der Waals surface area (Å²) >= 11 is 0. The summed E-state index contributed by atoms with van der Waals surface area (Å²) in [6.07, 6.45) is 1.96. The third-order valence-corrected chi connectivity index (χ3v) is 2.97. The summed E-state index contributed by atoms with van der Waals surface area (Å²) in [6, 6.07) is 6.55. The number of amides is 1. The molecule has 1 aromatic carbocycles. The summed E-state index contributed by atoms with van der Waals surface area (Å²) < 4.78 is 30.9.